The molecule has 0 saturated carbocycles. The minimum Gasteiger partial charge on any atom is -0.478 e. The number of anilines is 1. The van der Waals surface area contributed by atoms with Crippen LogP contribution in [-0.2, 0) is 0 Å². The largest absolute Gasteiger partial charge is 0.478 e. The Hall–Kier alpha value is -1.64. The molecule has 2 heterocycles. The van der Waals surface area contributed by atoms with E-state index in [9.17, 15) is 9.59 Å². The third kappa shape index (κ3) is 3.52. The summed E-state index contributed by atoms with van der Waals surface area (Å²) in [5.41, 5.74) is 0.0551. The van der Waals surface area contributed by atoms with E-state index in [1.807, 2.05) is 0 Å². The first-order chi connectivity index (χ1) is 9.92. The van der Waals surface area contributed by atoms with Crippen molar-refractivity contribution in [1.29, 1.82) is 0 Å². The van der Waals surface area contributed by atoms with Crippen LogP contribution in [-0.4, -0.2) is 33.2 Å². The van der Waals surface area contributed by atoms with Gasteiger partial charge in [-0.2, -0.15) is 0 Å². The minimum atomic E-state index is -1.10. The second-order valence-electron chi connectivity index (χ2n) is 3.91. The van der Waals surface area contributed by atoms with Gasteiger partial charge < -0.3 is 10.4 Å². The summed E-state index contributed by atoms with van der Waals surface area (Å²) in [6, 6.07) is 1.50. The van der Waals surface area contributed by atoms with Gasteiger partial charge >= 0.3 is 5.97 Å². The SMILES string of the molecule is CSc1ncc(Cl)c(C(=O)Nc2sc(C)cc2C(=O)O)n1. The fourth-order valence-electron chi connectivity index (χ4n) is 1.54. The number of aromatic carboxylic acids is 1. The molecule has 21 heavy (non-hydrogen) atoms. The number of thioether (sulfide) groups is 1. The number of carbonyl (C=O) groups excluding carboxylic acids is 1. The molecule has 110 valence electrons. The fourth-order valence-corrected chi connectivity index (χ4v) is 2.95. The molecule has 0 atom stereocenters. The molecule has 0 radical (unpaired) electrons. The van der Waals surface area contributed by atoms with Crippen molar-refractivity contribution < 1.29 is 14.7 Å². The lowest BCUT2D eigenvalue weighted by Crippen LogP contribution is -2.16. The first-order valence-corrected chi connectivity index (χ1v) is 8.06. The van der Waals surface area contributed by atoms with Crippen LogP contribution in [0, 0.1) is 6.92 Å². The summed E-state index contributed by atoms with van der Waals surface area (Å²) >= 11 is 8.37. The highest BCUT2D eigenvalue weighted by Gasteiger charge is 2.19. The Balaban J connectivity index is 2.32. The average molecular weight is 344 g/mol. The van der Waals surface area contributed by atoms with E-state index in [-0.39, 0.29) is 21.3 Å². The van der Waals surface area contributed by atoms with Gasteiger partial charge in [0.2, 0.25) is 0 Å². The molecule has 0 unspecified atom stereocenters. The number of hydrogen-bond donors (Lipinski definition) is 2. The summed E-state index contributed by atoms with van der Waals surface area (Å²) in [4.78, 5) is 32.1. The molecule has 0 bridgehead atoms. The van der Waals surface area contributed by atoms with Crippen LogP contribution in [0.2, 0.25) is 5.02 Å². The van der Waals surface area contributed by atoms with Crippen LogP contribution >= 0.6 is 34.7 Å². The summed E-state index contributed by atoms with van der Waals surface area (Å²) < 4.78 is 0. The summed E-state index contributed by atoms with van der Waals surface area (Å²) in [6.45, 7) is 1.76. The summed E-state index contributed by atoms with van der Waals surface area (Å²) in [5, 5.41) is 12.4. The standard InChI is InChI=1S/C12H10ClN3O3S2/c1-5-3-6(11(18)19)10(21-5)16-9(17)8-7(13)4-14-12(15-8)20-2/h3-4H,1-2H3,(H,16,17)(H,18,19). The van der Waals surface area contributed by atoms with Crippen molar-refractivity contribution in [3.05, 3.63) is 33.4 Å². The van der Waals surface area contributed by atoms with Crippen molar-refractivity contribution in [3.63, 3.8) is 0 Å². The maximum Gasteiger partial charge on any atom is 0.338 e. The zero-order chi connectivity index (χ0) is 15.6. The van der Waals surface area contributed by atoms with Crippen LogP contribution < -0.4 is 5.32 Å². The maximum atomic E-state index is 12.2. The Morgan fingerprint density at radius 1 is 1.48 bits per heavy atom. The number of aromatic nitrogens is 2. The highest BCUT2D eigenvalue weighted by atomic mass is 35.5. The lowest BCUT2D eigenvalue weighted by atomic mass is 10.3. The number of hydrogen-bond acceptors (Lipinski definition) is 6. The van der Waals surface area contributed by atoms with Crippen molar-refractivity contribution in [1.82, 2.24) is 9.97 Å². The highest BCUT2D eigenvalue weighted by molar-refractivity contribution is 7.98. The van der Waals surface area contributed by atoms with Crippen molar-refractivity contribution in [3.8, 4) is 0 Å². The predicted octanol–water partition coefficient (Wildman–Crippen LogP) is 3.17. The molecule has 0 saturated heterocycles. The van der Waals surface area contributed by atoms with Crippen LogP contribution in [0.25, 0.3) is 0 Å². The van der Waals surface area contributed by atoms with E-state index >= 15 is 0 Å². The van der Waals surface area contributed by atoms with Gasteiger partial charge in [-0.1, -0.05) is 23.4 Å². The second-order valence-corrected chi connectivity index (χ2v) is 6.35. The molecule has 0 aliphatic heterocycles. The Bertz CT molecular complexity index is 718. The number of nitrogens with one attached hydrogen (secondary N) is 1. The van der Waals surface area contributed by atoms with Crippen LogP contribution in [0.5, 0.6) is 0 Å². The van der Waals surface area contributed by atoms with Gasteiger partial charge in [0.1, 0.15) is 5.00 Å². The molecular formula is C12H10ClN3O3S2. The van der Waals surface area contributed by atoms with E-state index in [1.165, 1.54) is 35.4 Å². The van der Waals surface area contributed by atoms with Gasteiger partial charge in [0.25, 0.3) is 5.91 Å². The number of thiophene rings is 1. The molecule has 2 aromatic rings. The van der Waals surface area contributed by atoms with Gasteiger partial charge in [0.05, 0.1) is 16.8 Å². The van der Waals surface area contributed by atoms with E-state index in [0.29, 0.717) is 5.16 Å². The first-order valence-electron chi connectivity index (χ1n) is 5.64. The fraction of sp³-hybridized carbons (Fsp3) is 0.167. The van der Waals surface area contributed by atoms with Crippen LogP contribution in [0.15, 0.2) is 17.4 Å². The number of carboxylic acids is 1. The molecule has 2 N–H and O–H groups in total. The van der Waals surface area contributed by atoms with Gasteiger partial charge in [-0.15, -0.1) is 11.3 Å². The monoisotopic (exact) mass is 343 g/mol. The summed E-state index contributed by atoms with van der Waals surface area (Å²) in [5.74, 6) is -1.67. The lowest BCUT2D eigenvalue weighted by molar-refractivity contribution is 0.0698. The Labute approximate surface area is 133 Å². The molecule has 0 aliphatic carbocycles. The minimum absolute atomic E-state index is 0.0124. The molecule has 0 spiro atoms. The molecule has 0 aliphatic rings. The zero-order valence-electron chi connectivity index (χ0n) is 11.0. The number of rotatable bonds is 4. The van der Waals surface area contributed by atoms with E-state index in [0.717, 1.165) is 4.88 Å². The highest BCUT2D eigenvalue weighted by Crippen LogP contribution is 2.28. The molecule has 9 heteroatoms. The van der Waals surface area contributed by atoms with Gasteiger partial charge in [0.15, 0.2) is 10.9 Å². The third-order valence-corrected chi connectivity index (χ3v) is 4.24. The molecular weight excluding hydrogens is 334 g/mol. The van der Waals surface area contributed by atoms with Crippen LogP contribution in [0.3, 0.4) is 0 Å². The molecule has 0 aromatic carbocycles. The topological polar surface area (TPSA) is 92.2 Å². The van der Waals surface area contributed by atoms with Gasteiger partial charge in [-0.05, 0) is 19.2 Å². The number of nitrogens with zero attached hydrogens (tertiary/aromatic N) is 2. The van der Waals surface area contributed by atoms with Crippen molar-refractivity contribution >= 4 is 51.6 Å². The lowest BCUT2D eigenvalue weighted by Gasteiger charge is -2.06. The smallest absolute Gasteiger partial charge is 0.338 e. The predicted molar refractivity (Wildman–Crippen MR) is 82.8 cm³/mol. The average Bonchev–Trinajstić information content (AvgIpc) is 2.80. The number of carboxylic acid groups (broad SMARTS) is 1. The van der Waals surface area contributed by atoms with Gasteiger partial charge in [-0.25, -0.2) is 14.8 Å². The Kier molecular flexibility index (Phi) is 4.81. The summed E-state index contributed by atoms with van der Waals surface area (Å²) in [7, 11) is 0. The molecule has 2 aromatic heterocycles. The second kappa shape index (κ2) is 6.42. The molecule has 6 nitrogen and oxygen atoms in total. The Morgan fingerprint density at radius 3 is 2.81 bits per heavy atom. The van der Waals surface area contributed by atoms with Crippen molar-refractivity contribution in [2.45, 2.75) is 12.1 Å². The Morgan fingerprint density at radius 2 is 2.19 bits per heavy atom. The van der Waals surface area contributed by atoms with Crippen molar-refractivity contribution in [2.24, 2.45) is 0 Å². The number of halogens is 1. The number of carbonyl (C=O) groups is 2. The molecule has 1 amide bonds. The van der Waals surface area contributed by atoms with Crippen LogP contribution in [0.1, 0.15) is 25.7 Å². The number of amides is 1. The van der Waals surface area contributed by atoms with E-state index in [2.05, 4.69) is 15.3 Å². The normalized spacial score (nSPS) is 10.4. The first kappa shape index (κ1) is 15.7. The van der Waals surface area contributed by atoms with Gasteiger partial charge in [-0.3, -0.25) is 4.79 Å². The van der Waals surface area contributed by atoms with Crippen molar-refractivity contribution in [2.75, 3.05) is 11.6 Å². The van der Waals surface area contributed by atoms with E-state index in [1.54, 1.807) is 13.2 Å². The molecule has 2 rings (SSSR count). The van der Waals surface area contributed by atoms with E-state index < -0.39 is 11.9 Å². The molecule has 0 fully saturated rings. The zero-order valence-corrected chi connectivity index (χ0v) is 13.4. The quantitative estimate of drug-likeness (QED) is 0.654. The summed E-state index contributed by atoms with van der Waals surface area (Å²) in [6.07, 6.45) is 3.11. The van der Waals surface area contributed by atoms with Gasteiger partial charge in [0, 0.05) is 4.88 Å². The third-order valence-electron chi connectivity index (χ3n) is 2.43. The van der Waals surface area contributed by atoms with Crippen LogP contribution in [0.4, 0.5) is 5.00 Å². The number of aryl methyl sites for hydroxylation is 1. The van der Waals surface area contributed by atoms with E-state index in [4.69, 9.17) is 16.7 Å². The maximum absolute atomic E-state index is 12.2.